The summed E-state index contributed by atoms with van der Waals surface area (Å²) in [5.41, 5.74) is 13.6. The first-order valence-corrected chi connectivity index (χ1v) is 6.47. The number of benzene rings is 1. The molecule has 0 aliphatic heterocycles. The summed E-state index contributed by atoms with van der Waals surface area (Å²) in [6.45, 7) is 6.35. The molecule has 1 aromatic rings. The van der Waals surface area contributed by atoms with Crippen LogP contribution in [0.2, 0.25) is 0 Å². The number of oxime groups is 1. The van der Waals surface area contributed by atoms with E-state index in [0.717, 1.165) is 11.1 Å². The van der Waals surface area contributed by atoms with Crippen molar-refractivity contribution < 1.29 is 10.0 Å². The van der Waals surface area contributed by atoms with Gasteiger partial charge >= 0.3 is 0 Å². The Kier molecular flexibility index (Phi) is 5.52. The second-order valence-corrected chi connectivity index (χ2v) is 5.13. The van der Waals surface area contributed by atoms with Crippen LogP contribution in [0.5, 0.6) is 0 Å². The predicted molar refractivity (Wildman–Crippen MR) is 78.4 cm³/mol. The third kappa shape index (κ3) is 3.96. The van der Waals surface area contributed by atoms with Gasteiger partial charge in [0, 0.05) is 12.1 Å². The van der Waals surface area contributed by atoms with E-state index in [4.69, 9.17) is 16.7 Å². The third-order valence-electron chi connectivity index (χ3n) is 3.23. The van der Waals surface area contributed by atoms with E-state index in [0.29, 0.717) is 12.1 Å². The van der Waals surface area contributed by atoms with Crippen LogP contribution < -0.4 is 16.8 Å². The van der Waals surface area contributed by atoms with E-state index in [1.54, 1.807) is 6.07 Å². The molecule has 1 rings (SSSR count). The summed E-state index contributed by atoms with van der Waals surface area (Å²) in [5.74, 6) is -0.153. The number of nitrogens with zero attached hydrogens (tertiary/aromatic N) is 1. The van der Waals surface area contributed by atoms with Crippen LogP contribution in [-0.4, -0.2) is 23.0 Å². The molecule has 6 heteroatoms. The van der Waals surface area contributed by atoms with Gasteiger partial charge in [0.2, 0.25) is 5.91 Å². The summed E-state index contributed by atoms with van der Waals surface area (Å²) in [5, 5.41) is 14.8. The molecular formula is C14H22N4O2. The molecule has 20 heavy (non-hydrogen) atoms. The highest BCUT2D eigenvalue weighted by Crippen LogP contribution is 2.12. The molecule has 0 saturated carbocycles. The summed E-state index contributed by atoms with van der Waals surface area (Å²) in [6.07, 6.45) is 0. The molecule has 110 valence electrons. The number of carbonyl (C=O) groups excluding carboxylic acids is 1. The average Bonchev–Trinajstić information content (AvgIpc) is 2.38. The topological polar surface area (TPSA) is 114 Å². The monoisotopic (exact) mass is 278 g/mol. The predicted octanol–water partition coefficient (Wildman–Crippen LogP) is 0.689. The van der Waals surface area contributed by atoms with Gasteiger partial charge in [-0.25, -0.2) is 0 Å². The van der Waals surface area contributed by atoms with Crippen molar-refractivity contribution >= 4 is 11.7 Å². The Bertz CT molecular complexity index is 512. The number of amidine groups is 1. The zero-order chi connectivity index (χ0) is 15.3. The van der Waals surface area contributed by atoms with E-state index in [-0.39, 0.29) is 23.7 Å². The van der Waals surface area contributed by atoms with E-state index in [2.05, 4.69) is 10.5 Å². The molecule has 6 nitrogen and oxygen atoms in total. The molecule has 1 amide bonds. The summed E-state index contributed by atoms with van der Waals surface area (Å²) < 4.78 is 0. The second-order valence-electron chi connectivity index (χ2n) is 5.13. The Balaban J connectivity index is 2.81. The fourth-order valence-corrected chi connectivity index (χ4v) is 2.00. The Morgan fingerprint density at radius 1 is 1.40 bits per heavy atom. The lowest BCUT2D eigenvalue weighted by atomic mass is 10.0. The minimum absolute atomic E-state index is 0.0739. The number of hydrogen-bond donors (Lipinski definition) is 4. The summed E-state index contributed by atoms with van der Waals surface area (Å²) in [6, 6.07) is 5.13. The summed E-state index contributed by atoms with van der Waals surface area (Å²) in [7, 11) is 0. The maximum Gasteiger partial charge on any atom is 0.234 e. The van der Waals surface area contributed by atoms with Gasteiger partial charge in [-0.3, -0.25) is 4.79 Å². The molecule has 0 aliphatic carbocycles. The van der Waals surface area contributed by atoms with Crippen LogP contribution in [0.3, 0.4) is 0 Å². The number of nitrogens with two attached hydrogens (primary N) is 2. The van der Waals surface area contributed by atoms with Gasteiger partial charge in [0.25, 0.3) is 0 Å². The summed E-state index contributed by atoms with van der Waals surface area (Å²) in [4.78, 5) is 11.3. The zero-order valence-corrected chi connectivity index (χ0v) is 12.1. The lowest BCUT2D eigenvalue weighted by molar-refractivity contribution is -0.121. The van der Waals surface area contributed by atoms with Crippen molar-refractivity contribution in [1.29, 1.82) is 0 Å². The van der Waals surface area contributed by atoms with E-state index < -0.39 is 0 Å². The molecule has 0 heterocycles. The molecule has 0 aliphatic rings. The fourth-order valence-electron chi connectivity index (χ4n) is 2.00. The lowest BCUT2D eigenvalue weighted by Crippen LogP contribution is -2.44. The Morgan fingerprint density at radius 2 is 2.05 bits per heavy atom. The second kappa shape index (κ2) is 6.91. The molecular weight excluding hydrogens is 256 g/mol. The van der Waals surface area contributed by atoms with Crippen LogP contribution in [0.15, 0.2) is 23.4 Å². The number of carbonyl (C=O) groups is 1. The molecule has 0 aromatic heterocycles. The zero-order valence-electron chi connectivity index (χ0n) is 12.1. The van der Waals surface area contributed by atoms with Gasteiger partial charge in [0.1, 0.15) is 0 Å². The molecule has 0 bridgehead atoms. The molecule has 1 atom stereocenters. The number of primary amides is 1. The van der Waals surface area contributed by atoms with Crippen LogP contribution in [-0.2, 0) is 11.3 Å². The highest BCUT2D eigenvalue weighted by molar-refractivity contribution is 5.97. The largest absolute Gasteiger partial charge is 0.409 e. The van der Waals surface area contributed by atoms with Gasteiger partial charge in [0.15, 0.2) is 5.84 Å². The van der Waals surface area contributed by atoms with Crippen molar-refractivity contribution in [2.45, 2.75) is 33.4 Å². The van der Waals surface area contributed by atoms with Gasteiger partial charge in [-0.1, -0.05) is 31.1 Å². The quantitative estimate of drug-likeness (QED) is 0.265. The van der Waals surface area contributed by atoms with E-state index in [1.165, 1.54) is 0 Å². The van der Waals surface area contributed by atoms with Gasteiger partial charge in [-0.2, -0.15) is 0 Å². The fraction of sp³-hybridized carbons (Fsp3) is 0.429. The van der Waals surface area contributed by atoms with E-state index >= 15 is 0 Å². The van der Waals surface area contributed by atoms with Crippen molar-refractivity contribution in [3.05, 3.63) is 34.9 Å². The molecule has 1 aromatic carbocycles. The number of aryl methyl sites for hydroxylation is 1. The summed E-state index contributed by atoms with van der Waals surface area (Å²) >= 11 is 0. The van der Waals surface area contributed by atoms with Crippen LogP contribution in [0.1, 0.15) is 30.5 Å². The van der Waals surface area contributed by atoms with Crippen molar-refractivity contribution in [1.82, 2.24) is 5.32 Å². The van der Waals surface area contributed by atoms with Gasteiger partial charge in [-0.05, 0) is 30.0 Å². The lowest BCUT2D eigenvalue weighted by Gasteiger charge is -2.19. The molecule has 6 N–H and O–H groups in total. The minimum Gasteiger partial charge on any atom is -0.409 e. The van der Waals surface area contributed by atoms with Crippen molar-refractivity contribution in [2.24, 2.45) is 22.5 Å². The van der Waals surface area contributed by atoms with Crippen LogP contribution in [0.25, 0.3) is 0 Å². The first kappa shape index (κ1) is 16.0. The van der Waals surface area contributed by atoms with E-state index in [9.17, 15) is 4.79 Å². The molecule has 0 saturated heterocycles. The molecule has 0 spiro atoms. The van der Waals surface area contributed by atoms with Gasteiger partial charge < -0.3 is 22.0 Å². The first-order valence-electron chi connectivity index (χ1n) is 6.47. The number of rotatable bonds is 6. The maximum absolute atomic E-state index is 11.3. The Labute approximate surface area is 118 Å². The van der Waals surface area contributed by atoms with Gasteiger partial charge in [0.05, 0.1) is 6.04 Å². The van der Waals surface area contributed by atoms with Crippen molar-refractivity contribution in [3.8, 4) is 0 Å². The Hall–Kier alpha value is -2.08. The van der Waals surface area contributed by atoms with Crippen molar-refractivity contribution in [3.63, 3.8) is 0 Å². The molecule has 0 radical (unpaired) electrons. The first-order chi connectivity index (χ1) is 9.36. The highest BCUT2D eigenvalue weighted by atomic mass is 16.4. The number of hydrogen-bond acceptors (Lipinski definition) is 4. The minimum atomic E-state index is -0.363. The molecule has 1 unspecified atom stereocenters. The van der Waals surface area contributed by atoms with Crippen LogP contribution in [0, 0.1) is 12.8 Å². The average molecular weight is 278 g/mol. The third-order valence-corrected chi connectivity index (χ3v) is 3.23. The van der Waals surface area contributed by atoms with E-state index in [1.807, 2.05) is 32.9 Å². The van der Waals surface area contributed by atoms with Gasteiger partial charge in [-0.15, -0.1) is 0 Å². The SMILES string of the molecule is Cc1cc(/C(N)=N/O)ccc1CNC(C(N)=O)C(C)C. The normalized spacial score (nSPS) is 13.5. The number of amides is 1. The van der Waals surface area contributed by atoms with Crippen LogP contribution in [0.4, 0.5) is 0 Å². The number of nitrogens with one attached hydrogen (secondary N) is 1. The molecule has 0 fully saturated rings. The standard InChI is InChI=1S/C14H22N4O2/c1-8(2)12(14(16)19)17-7-11-5-4-10(6-9(11)3)13(15)18-20/h4-6,8,12,17,20H,7H2,1-3H3,(H2,15,18)(H2,16,19). The van der Waals surface area contributed by atoms with Crippen LogP contribution >= 0.6 is 0 Å². The highest BCUT2D eigenvalue weighted by Gasteiger charge is 2.18. The maximum atomic E-state index is 11.3. The Morgan fingerprint density at radius 3 is 2.50 bits per heavy atom. The smallest absolute Gasteiger partial charge is 0.234 e. The van der Waals surface area contributed by atoms with Crippen molar-refractivity contribution in [2.75, 3.05) is 0 Å².